The van der Waals surface area contributed by atoms with Gasteiger partial charge in [0, 0.05) is 28.4 Å². The van der Waals surface area contributed by atoms with E-state index in [0.717, 1.165) is 16.8 Å². The lowest BCUT2D eigenvalue weighted by molar-refractivity contribution is 0.103. The van der Waals surface area contributed by atoms with Gasteiger partial charge in [-0.3, -0.25) is 4.79 Å². The van der Waals surface area contributed by atoms with Crippen LogP contribution in [0.2, 0.25) is 0 Å². The highest BCUT2D eigenvalue weighted by Crippen LogP contribution is 2.39. The van der Waals surface area contributed by atoms with E-state index in [-0.39, 0.29) is 5.78 Å². The Hall–Kier alpha value is -3.71. The molecule has 6 nitrogen and oxygen atoms in total. The maximum absolute atomic E-state index is 13.6. The number of benzene rings is 2. The van der Waals surface area contributed by atoms with Gasteiger partial charge in [0.25, 0.3) is 0 Å². The molecule has 0 bridgehead atoms. The van der Waals surface area contributed by atoms with Gasteiger partial charge < -0.3 is 24.5 Å². The summed E-state index contributed by atoms with van der Waals surface area (Å²) in [5.41, 5.74) is 10.3. The Morgan fingerprint density at radius 2 is 1.58 bits per heavy atom. The third-order valence-electron chi connectivity index (χ3n) is 5.01. The van der Waals surface area contributed by atoms with Crippen molar-refractivity contribution in [2.24, 2.45) is 0 Å². The number of ketones is 1. The Balaban J connectivity index is 1.85. The predicted molar refractivity (Wildman–Crippen MR) is 123 cm³/mol. The lowest BCUT2D eigenvalue weighted by Gasteiger charge is -2.14. The van der Waals surface area contributed by atoms with Gasteiger partial charge in [-0.2, -0.15) is 11.3 Å². The lowest BCUT2D eigenvalue weighted by Crippen LogP contribution is -2.09. The zero-order chi connectivity index (χ0) is 22.0. The summed E-state index contributed by atoms with van der Waals surface area (Å²) in [7, 11) is 4.58. The molecule has 0 saturated heterocycles. The summed E-state index contributed by atoms with van der Waals surface area (Å²) >= 11 is 1.57. The van der Waals surface area contributed by atoms with Gasteiger partial charge in [-0.05, 0) is 47.3 Å². The number of methoxy groups -OCH3 is 3. The Labute approximate surface area is 184 Å². The van der Waals surface area contributed by atoms with Crippen LogP contribution < -0.4 is 19.9 Å². The van der Waals surface area contributed by atoms with Crippen LogP contribution in [0.15, 0.2) is 65.5 Å². The molecule has 0 atom stereocenters. The molecule has 0 spiro atoms. The highest BCUT2D eigenvalue weighted by molar-refractivity contribution is 7.08. The number of hydrogen-bond acceptors (Lipinski definition) is 6. The van der Waals surface area contributed by atoms with Crippen molar-refractivity contribution in [2.45, 2.75) is 0 Å². The first-order chi connectivity index (χ1) is 15.0. The fraction of sp³-hybridized carbons (Fsp3) is 0.125. The van der Waals surface area contributed by atoms with Crippen molar-refractivity contribution in [3.05, 3.63) is 76.7 Å². The second-order valence-corrected chi connectivity index (χ2v) is 7.61. The average Bonchev–Trinajstić information content (AvgIpc) is 3.48. The maximum atomic E-state index is 13.6. The third-order valence-corrected chi connectivity index (χ3v) is 5.68. The first kappa shape index (κ1) is 20.6. The zero-order valence-electron chi connectivity index (χ0n) is 17.4. The molecule has 4 aromatic rings. The summed E-state index contributed by atoms with van der Waals surface area (Å²) in [6.45, 7) is 0. The van der Waals surface area contributed by atoms with Crippen molar-refractivity contribution in [3.8, 4) is 34.1 Å². The van der Waals surface area contributed by atoms with Crippen molar-refractivity contribution < 1.29 is 19.0 Å². The van der Waals surface area contributed by atoms with Crippen LogP contribution in [0.5, 0.6) is 17.2 Å². The summed E-state index contributed by atoms with van der Waals surface area (Å²) in [5, 5.41) is 3.98. The number of hydrogen-bond donors (Lipinski definition) is 1. The Kier molecular flexibility index (Phi) is 5.68. The number of rotatable bonds is 7. The number of nitrogens with two attached hydrogens (primary N) is 1. The van der Waals surface area contributed by atoms with E-state index in [9.17, 15) is 4.79 Å². The van der Waals surface area contributed by atoms with Gasteiger partial charge in [0.15, 0.2) is 11.5 Å². The van der Waals surface area contributed by atoms with Gasteiger partial charge in [0.05, 0.1) is 32.7 Å². The molecular weight excluding hydrogens is 412 g/mol. The molecule has 31 heavy (non-hydrogen) atoms. The van der Waals surface area contributed by atoms with Gasteiger partial charge in [-0.1, -0.05) is 12.1 Å². The second-order valence-electron chi connectivity index (χ2n) is 6.83. The second kappa shape index (κ2) is 8.57. The summed E-state index contributed by atoms with van der Waals surface area (Å²) in [5.74, 6) is 1.14. The molecule has 0 fully saturated rings. The quantitative estimate of drug-likeness (QED) is 0.326. The molecule has 4 rings (SSSR count). The monoisotopic (exact) mass is 434 g/mol. The van der Waals surface area contributed by atoms with Gasteiger partial charge >= 0.3 is 0 Å². The number of aromatic nitrogens is 1. The highest BCUT2D eigenvalue weighted by Gasteiger charge is 2.22. The van der Waals surface area contributed by atoms with Crippen LogP contribution in [-0.2, 0) is 0 Å². The minimum atomic E-state index is -0.160. The van der Waals surface area contributed by atoms with Crippen LogP contribution in [0.3, 0.4) is 0 Å². The van der Waals surface area contributed by atoms with Crippen molar-refractivity contribution in [3.63, 3.8) is 0 Å². The SMILES string of the molecule is COc1cc(C(=O)c2cc(-c3ccc(N)cc3)cn2-c2ccsc2)cc(OC)c1OC. The number of anilines is 1. The summed E-state index contributed by atoms with van der Waals surface area (Å²) in [6, 6.07) is 14.8. The molecule has 0 amide bonds. The first-order valence-corrected chi connectivity index (χ1v) is 10.5. The van der Waals surface area contributed by atoms with Crippen molar-refractivity contribution in [2.75, 3.05) is 27.1 Å². The molecule has 2 aromatic carbocycles. The van der Waals surface area contributed by atoms with E-state index in [2.05, 4.69) is 0 Å². The molecule has 0 aliphatic heterocycles. The largest absolute Gasteiger partial charge is 0.493 e. The molecule has 0 aliphatic rings. The van der Waals surface area contributed by atoms with E-state index in [0.29, 0.717) is 34.2 Å². The molecule has 7 heteroatoms. The number of carbonyl (C=O) groups is 1. The Morgan fingerprint density at radius 1 is 0.903 bits per heavy atom. The minimum absolute atomic E-state index is 0.160. The van der Waals surface area contributed by atoms with Crippen LogP contribution in [0.1, 0.15) is 16.1 Å². The van der Waals surface area contributed by atoms with Crippen LogP contribution in [0.25, 0.3) is 16.8 Å². The van der Waals surface area contributed by atoms with Gasteiger partial charge in [0.2, 0.25) is 11.5 Å². The van der Waals surface area contributed by atoms with E-state index in [4.69, 9.17) is 19.9 Å². The first-order valence-electron chi connectivity index (χ1n) is 9.51. The molecule has 2 heterocycles. The number of nitrogens with zero attached hydrogens (tertiary/aromatic N) is 1. The Bertz CT molecular complexity index is 1190. The fourth-order valence-corrected chi connectivity index (χ4v) is 4.07. The predicted octanol–water partition coefficient (Wildman–Crippen LogP) is 5.04. The van der Waals surface area contributed by atoms with E-state index < -0.39 is 0 Å². The molecule has 2 aromatic heterocycles. The van der Waals surface area contributed by atoms with Gasteiger partial charge in [-0.25, -0.2) is 0 Å². The standard InChI is InChI=1S/C24H22N2O4S/c1-28-21-11-16(12-22(29-2)24(21)30-3)23(27)20-10-17(15-4-6-18(25)7-5-15)13-26(20)19-8-9-31-14-19/h4-14H,25H2,1-3H3. The summed E-state index contributed by atoms with van der Waals surface area (Å²) < 4.78 is 18.1. The number of ether oxygens (including phenoxy) is 3. The highest BCUT2D eigenvalue weighted by atomic mass is 32.1. The number of carbonyl (C=O) groups excluding carboxylic acids is 1. The number of nitrogen functional groups attached to an aromatic ring is 1. The molecular formula is C24H22N2O4S. The maximum Gasteiger partial charge on any atom is 0.210 e. The van der Waals surface area contributed by atoms with Crippen LogP contribution in [0, 0.1) is 0 Å². The van der Waals surface area contributed by atoms with E-state index in [1.807, 2.05) is 57.9 Å². The normalized spacial score (nSPS) is 10.7. The van der Waals surface area contributed by atoms with Crippen molar-refractivity contribution in [1.29, 1.82) is 0 Å². The Morgan fingerprint density at radius 3 is 2.13 bits per heavy atom. The van der Waals surface area contributed by atoms with Crippen molar-refractivity contribution >= 4 is 22.8 Å². The molecule has 0 aliphatic carbocycles. The molecule has 0 radical (unpaired) electrons. The van der Waals surface area contributed by atoms with Gasteiger partial charge in [-0.15, -0.1) is 0 Å². The summed E-state index contributed by atoms with van der Waals surface area (Å²) in [6.07, 6.45) is 1.96. The minimum Gasteiger partial charge on any atom is -0.493 e. The topological polar surface area (TPSA) is 75.7 Å². The number of thiophene rings is 1. The van der Waals surface area contributed by atoms with E-state index in [1.54, 1.807) is 23.5 Å². The van der Waals surface area contributed by atoms with Gasteiger partial charge in [0.1, 0.15) is 0 Å². The van der Waals surface area contributed by atoms with E-state index >= 15 is 0 Å². The van der Waals surface area contributed by atoms with Crippen LogP contribution in [0.4, 0.5) is 5.69 Å². The van der Waals surface area contributed by atoms with Crippen LogP contribution >= 0.6 is 11.3 Å². The average molecular weight is 435 g/mol. The summed E-state index contributed by atoms with van der Waals surface area (Å²) in [4.78, 5) is 13.6. The molecule has 2 N–H and O–H groups in total. The van der Waals surface area contributed by atoms with Crippen LogP contribution in [-0.4, -0.2) is 31.7 Å². The van der Waals surface area contributed by atoms with Crippen molar-refractivity contribution in [1.82, 2.24) is 4.57 Å². The lowest BCUT2D eigenvalue weighted by atomic mass is 10.0. The smallest absolute Gasteiger partial charge is 0.210 e. The molecule has 0 unspecified atom stereocenters. The third kappa shape index (κ3) is 3.87. The fourth-order valence-electron chi connectivity index (χ4n) is 3.44. The van der Waals surface area contributed by atoms with E-state index in [1.165, 1.54) is 21.3 Å². The molecule has 0 saturated carbocycles. The molecule has 158 valence electrons. The zero-order valence-corrected chi connectivity index (χ0v) is 18.2.